The molecule has 1 aliphatic heterocycles. The SMILES string of the molecule is Cc1sc(C(=O)O)cc1CN1CCN(C)C(C)C1. The fourth-order valence-corrected chi connectivity index (χ4v) is 3.16. The van der Waals surface area contributed by atoms with Gasteiger partial charge < -0.3 is 10.0 Å². The van der Waals surface area contributed by atoms with E-state index in [-0.39, 0.29) is 0 Å². The Morgan fingerprint density at radius 3 is 2.83 bits per heavy atom. The molecule has 0 radical (unpaired) electrons. The van der Waals surface area contributed by atoms with Crippen LogP contribution < -0.4 is 0 Å². The molecular formula is C13H20N2O2S. The Morgan fingerprint density at radius 2 is 2.28 bits per heavy atom. The molecule has 1 fully saturated rings. The van der Waals surface area contributed by atoms with Crippen molar-refractivity contribution in [3.8, 4) is 0 Å². The summed E-state index contributed by atoms with van der Waals surface area (Å²) >= 11 is 1.38. The van der Waals surface area contributed by atoms with Gasteiger partial charge in [0.2, 0.25) is 0 Å². The molecule has 0 aromatic carbocycles. The monoisotopic (exact) mass is 268 g/mol. The predicted molar refractivity (Wildman–Crippen MR) is 73.4 cm³/mol. The molecule has 0 amide bonds. The molecule has 0 bridgehead atoms. The highest BCUT2D eigenvalue weighted by atomic mass is 32.1. The van der Waals surface area contributed by atoms with E-state index in [1.165, 1.54) is 11.3 Å². The Morgan fingerprint density at radius 1 is 1.56 bits per heavy atom. The lowest BCUT2D eigenvalue weighted by Gasteiger charge is -2.37. The van der Waals surface area contributed by atoms with Crippen molar-refractivity contribution in [1.82, 2.24) is 9.80 Å². The van der Waals surface area contributed by atoms with E-state index in [0.29, 0.717) is 10.9 Å². The van der Waals surface area contributed by atoms with Gasteiger partial charge in [-0.2, -0.15) is 0 Å². The van der Waals surface area contributed by atoms with E-state index in [1.807, 2.05) is 13.0 Å². The largest absolute Gasteiger partial charge is 0.477 e. The normalized spacial score (nSPS) is 22.3. The number of piperazine rings is 1. The number of rotatable bonds is 3. The zero-order valence-corrected chi connectivity index (χ0v) is 12.0. The van der Waals surface area contributed by atoms with Crippen LogP contribution in [0.2, 0.25) is 0 Å². The number of likely N-dealkylation sites (N-methyl/N-ethyl adjacent to an activating group) is 1. The van der Waals surface area contributed by atoms with Crippen molar-refractivity contribution in [3.05, 3.63) is 21.4 Å². The van der Waals surface area contributed by atoms with Crippen molar-refractivity contribution in [2.24, 2.45) is 0 Å². The minimum absolute atomic E-state index is 0.449. The third-order valence-electron chi connectivity index (χ3n) is 3.67. The molecule has 1 aromatic heterocycles. The molecule has 18 heavy (non-hydrogen) atoms. The fraction of sp³-hybridized carbons (Fsp3) is 0.615. The van der Waals surface area contributed by atoms with Gasteiger partial charge in [0.05, 0.1) is 0 Å². The number of hydrogen-bond acceptors (Lipinski definition) is 4. The first-order valence-electron chi connectivity index (χ1n) is 6.22. The Kier molecular flexibility index (Phi) is 4.04. The van der Waals surface area contributed by atoms with Gasteiger partial charge in [-0.1, -0.05) is 0 Å². The summed E-state index contributed by atoms with van der Waals surface area (Å²) in [5.41, 5.74) is 1.16. The molecule has 2 rings (SSSR count). The highest BCUT2D eigenvalue weighted by Crippen LogP contribution is 2.23. The number of aryl methyl sites for hydroxylation is 1. The van der Waals surface area contributed by atoms with E-state index in [9.17, 15) is 4.79 Å². The smallest absolute Gasteiger partial charge is 0.345 e. The predicted octanol–water partition coefficient (Wildman–Crippen LogP) is 1.89. The maximum Gasteiger partial charge on any atom is 0.345 e. The lowest BCUT2D eigenvalue weighted by molar-refractivity contribution is 0.0701. The van der Waals surface area contributed by atoms with Gasteiger partial charge in [0.1, 0.15) is 4.88 Å². The van der Waals surface area contributed by atoms with Gasteiger partial charge in [-0.3, -0.25) is 4.90 Å². The van der Waals surface area contributed by atoms with E-state index in [4.69, 9.17) is 5.11 Å². The van der Waals surface area contributed by atoms with E-state index >= 15 is 0 Å². The van der Waals surface area contributed by atoms with Crippen molar-refractivity contribution in [1.29, 1.82) is 0 Å². The summed E-state index contributed by atoms with van der Waals surface area (Å²) in [5.74, 6) is -0.818. The number of hydrogen-bond donors (Lipinski definition) is 1. The summed E-state index contributed by atoms with van der Waals surface area (Å²) in [6.07, 6.45) is 0. The molecule has 1 aliphatic rings. The number of aromatic carboxylic acids is 1. The third kappa shape index (κ3) is 2.91. The van der Waals surface area contributed by atoms with Gasteiger partial charge >= 0.3 is 5.97 Å². The number of carbonyl (C=O) groups is 1. The molecule has 0 saturated carbocycles. The number of thiophene rings is 1. The first-order valence-corrected chi connectivity index (χ1v) is 7.04. The molecular weight excluding hydrogens is 248 g/mol. The van der Waals surface area contributed by atoms with Crippen molar-refractivity contribution >= 4 is 17.3 Å². The number of carboxylic acids is 1. The molecule has 5 heteroatoms. The maximum atomic E-state index is 10.9. The fourth-order valence-electron chi connectivity index (χ4n) is 2.29. The highest BCUT2D eigenvalue weighted by molar-refractivity contribution is 7.14. The van der Waals surface area contributed by atoms with Gasteiger partial charge in [0.15, 0.2) is 0 Å². The average molecular weight is 268 g/mol. The second-order valence-corrected chi connectivity index (χ2v) is 6.32. The second kappa shape index (κ2) is 5.38. The lowest BCUT2D eigenvalue weighted by atomic mass is 10.1. The molecule has 0 spiro atoms. The topological polar surface area (TPSA) is 43.8 Å². The van der Waals surface area contributed by atoms with Crippen LogP contribution in [0.1, 0.15) is 27.0 Å². The van der Waals surface area contributed by atoms with Crippen LogP contribution in [-0.4, -0.2) is 53.6 Å². The van der Waals surface area contributed by atoms with E-state index in [1.54, 1.807) is 0 Å². The average Bonchev–Trinajstić information content (AvgIpc) is 2.66. The number of nitrogens with zero attached hydrogens (tertiary/aromatic N) is 2. The van der Waals surface area contributed by atoms with Crippen LogP contribution in [0.4, 0.5) is 0 Å². The molecule has 0 aliphatic carbocycles. The van der Waals surface area contributed by atoms with Crippen molar-refractivity contribution in [2.75, 3.05) is 26.7 Å². The Hall–Kier alpha value is -0.910. The maximum absolute atomic E-state index is 10.9. The van der Waals surface area contributed by atoms with Gasteiger partial charge in [-0.15, -0.1) is 11.3 Å². The molecule has 1 atom stereocenters. The molecule has 1 saturated heterocycles. The number of carboxylic acid groups (broad SMARTS) is 1. The summed E-state index contributed by atoms with van der Waals surface area (Å²) in [7, 11) is 2.15. The Labute approximate surface area is 112 Å². The standard InChI is InChI=1S/C13H20N2O2S/c1-9-7-15(5-4-14(9)3)8-11-6-12(13(16)17)18-10(11)2/h6,9H,4-5,7-8H2,1-3H3,(H,16,17). The van der Waals surface area contributed by atoms with E-state index in [2.05, 4.69) is 23.8 Å². The summed E-state index contributed by atoms with van der Waals surface area (Å²) in [6, 6.07) is 2.39. The summed E-state index contributed by atoms with van der Waals surface area (Å²) in [4.78, 5) is 17.3. The summed E-state index contributed by atoms with van der Waals surface area (Å²) in [6.45, 7) is 8.29. The van der Waals surface area contributed by atoms with Crippen molar-refractivity contribution in [3.63, 3.8) is 0 Å². The van der Waals surface area contributed by atoms with Crippen LogP contribution in [0.3, 0.4) is 0 Å². The van der Waals surface area contributed by atoms with Crippen LogP contribution in [0, 0.1) is 6.92 Å². The molecule has 2 heterocycles. The minimum atomic E-state index is -0.818. The molecule has 1 aromatic rings. The van der Waals surface area contributed by atoms with Gasteiger partial charge in [-0.25, -0.2) is 4.79 Å². The second-order valence-electron chi connectivity index (χ2n) is 5.06. The quantitative estimate of drug-likeness (QED) is 0.909. The van der Waals surface area contributed by atoms with Gasteiger partial charge in [-0.05, 0) is 32.5 Å². The molecule has 1 N–H and O–H groups in total. The van der Waals surface area contributed by atoms with Crippen molar-refractivity contribution < 1.29 is 9.90 Å². The van der Waals surface area contributed by atoms with Crippen LogP contribution in [-0.2, 0) is 6.54 Å². The van der Waals surface area contributed by atoms with Crippen LogP contribution in [0.25, 0.3) is 0 Å². The summed E-state index contributed by atoms with van der Waals surface area (Å²) in [5, 5.41) is 9.00. The first kappa shape index (κ1) is 13.5. The van der Waals surface area contributed by atoms with Gasteiger partial charge in [0, 0.05) is 37.1 Å². The van der Waals surface area contributed by atoms with Gasteiger partial charge in [0.25, 0.3) is 0 Å². The van der Waals surface area contributed by atoms with Crippen LogP contribution >= 0.6 is 11.3 Å². The highest BCUT2D eigenvalue weighted by Gasteiger charge is 2.22. The van der Waals surface area contributed by atoms with Crippen LogP contribution in [0.5, 0.6) is 0 Å². The zero-order chi connectivity index (χ0) is 13.3. The Bertz CT molecular complexity index is 444. The molecule has 100 valence electrons. The zero-order valence-electron chi connectivity index (χ0n) is 11.1. The van der Waals surface area contributed by atoms with Crippen LogP contribution in [0.15, 0.2) is 6.07 Å². The molecule has 4 nitrogen and oxygen atoms in total. The molecule has 1 unspecified atom stereocenters. The van der Waals surface area contributed by atoms with Crippen molar-refractivity contribution in [2.45, 2.75) is 26.4 Å². The van der Waals surface area contributed by atoms with E-state index < -0.39 is 5.97 Å². The summed E-state index contributed by atoms with van der Waals surface area (Å²) < 4.78 is 0. The lowest BCUT2D eigenvalue weighted by Crippen LogP contribution is -2.49. The Balaban J connectivity index is 2.03. The van der Waals surface area contributed by atoms with E-state index in [0.717, 1.165) is 36.6 Å². The minimum Gasteiger partial charge on any atom is -0.477 e. The third-order valence-corrected chi connectivity index (χ3v) is 4.75. The first-order chi connectivity index (χ1) is 8.47.